The summed E-state index contributed by atoms with van der Waals surface area (Å²) in [4.78, 5) is 12.2. The van der Waals surface area contributed by atoms with Gasteiger partial charge in [-0.15, -0.1) is 0 Å². The van der Waals surface area contributed by atoms with Gasteiger partial charge in [0.2, 0.25) is 5.91 Å². The number of hydrogen-bond acceptors (Lipinski definition) is 2. The quantitative estimate of drug-likeness (QED) is 0.845. The van der Waals surface area contributed by atoms with Crippen LogP contribution in [0.5, 0.6) is 0 Å². The zero-order valence-electron chi connectivity index (χ0n) is 13.5. The minimum atomic E-state index is 0.0962. The number of nitrogens with one attached hydrogen (secondary N) is 2. The summed E-state index contributed by atoms with van der Waals surface area (Å²) in [6, 6.07) is 8.23. The molecule has 2 bridgehead atoms. The minimum Gasteiger partial charge on any atom is -0.376 e. The van der Waals surface area contributed by atoms with E-state index in [9.17, 15) is 4.79 Å². The Kier molecular flexibility index (Phi) is 4.23. The Morgan fingerprint density at radius 2 is 1.95 bits per heavy atom. The summed E-state index contributed by atoms with van der Waals surface area (Å²) in [6.45, 7) is 7.41. The second kappa shape index (κ2) is 5.88. The van der Waals surface area contributed by atoms with E-state index < -0.39 is 0 Å². The first-order chi connectivity index (χ1) is 10.4. The number of carbonyl (C=O) groups excluding carboxylic acids is 1. The molecule has 0 spiro atoms. The zero-order chi connectivity index (χ0) is 15.9. The Labute approximate surface area is 141 Å². The van der Waals surface area contributed by atoms with Crippen molar-refractivity contribution in [2.75, 3.05) is 11.9 Å². The molecule has 0 aromatic heterocycles. The molecule has 3 aliphatic rings. The van der Waals surface area contributed by atoms with Crippen LogP contribution in [0.4, 0.5) is 5.69 Å². The summed E-state index contributed by atoms with van der Waals surface area (Å²) < 4.78 is 1.04. The number of halogens is 1. The molecule has 0 radical (unpaired) electrons. The minimum absolute atomic E-state index is 0.0962. The van der Waals surface area contributed by atoms with E-state index in [-0.39, 0.29) is 5.91 Å². The molecule has 0 saturated heterocycles. The Morgan fingerprint density at radius 1 is 1.27 bits per heavy atom. The number of fused-ring (bicyclic) bond motifs is 2. The predicted molar refractivity (Wildman–Crippen MR) is 93.7 cm³/mol. The molecule has 1 aromatic rings. The summed E-state index contributed by atoms with van der Waals surface area (Å²) >= 11 is 3.41. The zero-order valence-corrected chi connectivity index (χ0v) is 15.1. The fourth-order valence-electron chi connectivity index (χ4n) is 4.35. The van der Waals surface area contributed by atoms with Gasteiger partial charge in [0.1, 0.15) is 0 Å². The number of hydrogen-bond donors (Lipinski definition) is 2. The lowest BCUT2D eigenvalue weighted by molar-refractivity contribution is -0.132. The second-order valence-corrected chi connectivity index (χ2v) is 8.41. The van der Waals surface area contributed by atoms with Gasteiger partial charge in [0, 0.05) is 16.2 Å². The Morgan fingerprint density at radius 3 is 2.55 bits per heavy atom. The van der Waals surface area contributed by atoms with E-state index in [1.807, 2.05) is 24.3 Å². The highest BCUT2D eigenvalue weighted by molar-refractivity contribution is 9.10. The Hall–Kier alpha value is -1.03. The molecule has 2 N–H and O–H groups in total. The number of benzene rings is 1. The van der Waals surface area contributed by atoms with Crippen molar-refractivity contribution in [3.8, 4) is 0 Å². The summed E-state index contributed by atoms with van der Waals surface area (Å²) in [7, 11) is 0. The van der Waals surface area contributed by atoms with Gasteiger partial charge in [-0.3, -0.25) is 4.79 Å². The van der Waals surface area contributed by atoms with E-state index in [2.05, 4.69) is 47.3 Å². The van der Waals surface area contributed by atoms with Gasteiger partial charge in [-0.25, -0.2) is 0 Å². The fourth-order valence-corrected chi connectivity index (χ4v) is 4.61. The molecule has 4 heteroatoms. The maximum Gasteiger partial charge on any atom is 0.239 e. The van der Waals surface area contributed by atoms with Crippen LogP contribution in [-0.2, 0) is 4.79 Å². The third kappa shape index (κ3) is 2.90. The van der Waals surface area contributed by atoms with Crippen LogP contribution in [-0.4, -0.2) is 18.5 Å². The van der Waals surface area contributed by atoms with Gasteiger partial charge in [-0.05, 0) is 60.3 Å². The van der Waals surface area contributed by atoms with Crippen LogP contribution in [0.15, 0.2) is 28.7 Å². The van der Waals surface area contributed by atoms with Crippen LogP contribution in [0.3, 0.4) is 0 Å². The van der Waals surface area contributed by atoms with Crippen LogP contribution in [0.25, 0.3) is 0 Å². The summed E-state index contributed by atoms with van der Waals surface area (Å²) in [5, 5.41) is 6.42. The second-order valence-electron chi connectivity index (χ2n) is 7.49. The molecule has 4 rings (SSSR count). The third-order valence-corrected chi connectivity index (χ3v) is 6.53. The molecule has 0 aliphatic heterocycles. The largest absolute Gasteiger partial charge is 0.376 e. The van der Waals surface area contributed by atoms with E-state index in [0.29, 0.717) is 23.9 Å². The van der Waals surface area contributed by atoms with Crippen molar-refractivity contribution in [1.29, 1.82) is 0 Å². The van der Waals surface area contributed by atoms with Crippen LogP contribution >= 0.6 is 15.9 Å². The average molecular weight is 365 g/mol. The molecular weight excluding hydrogens is 340 g/mol. The molecule has 0 heterocycles. The molecular formula is C18H25BrN2O. The van der Waals surface area contributed by atoms with Crippen molar-refractivity contribution in [3.63, 3.8) is 0 Å². The van der Waals surface area contributed by atoms with Gasteiger partial charge >= 0.3 is 0 Å². The van der Waals surface area contributed by atoms with Crippen LogP contribution in [0.1, 0.15) is 33.6 Å². The molecule has 1 aromatic carbocycles. The lowest BCUT2D eigenvalue weighted by Gasteiger charge is -2.62. The molecule has 120 valence electrons. The van der Waals surface area contributed by atoms with Crippen molar-refractivity contribution in [1.82, 2.24) is 5.32 Å². The first kappa shape index (κ1) is 15.9. The number of carbonyl (C=O) groups is 1. The number of anilines is 1. The summed E-state index contributed by atoms with van der Waals surface area (Å²) in [6.07, 6.45) is 2.48. The van der Waals surface area contributed by atoms with Crippen molar-refractivity contribution in [2.45, 2.75) is 39.7 Å². The fraction of sp³-hybridized carbons (Fsp3) is 0.611. The monoisotopic (exact) mass is 364 g/mol. The van der Waals surface area contributed by atoms with Crippen molar-refractivity contribution in [2.24, 2.45) is 23.2 Å². The summed E-state index contributed by atoms with van der Waals surface area (Å²) in [5.41, 5.74) is 1.44. The van der Waals surface area contributed by atoms with E-state index >= 15 is 0 Å². The first-order valence-electron chi connectivity index (χ1n) is 8.16. The molecule has 3 nitrogen and oxygen atoms in total. The molecule has 3 aliphatic carbocycles. The SMILES string of the molecule is C[C@@H]1[C@H]2C[C@@H](C[C@H]1NC(=O)CNc1ccc(Br)cc1)C2(C)C. The van der Waals surface area contributed by atoms with E-state index in [0.717, 1.165) is 28.4 Å². The smallest absolute Gasteiger partial charge is 0.239 e. The van der Waals surface area contributed by atoms with Gasteiger partial charge in [0.25, 0.3) is 0 Å². The highest BCUT2D eigenvalue weighted by Gasteiger charge is 2.56. The van der Waals surface area contributed by atoms with Crippen LogP contribution < -0.4 is 10.6 Å². The third-order valence-electron chi connectivity index (χ3n) is 6.00. The molecule has 3 fully saturated rings. The maximum atomic E-state index is 12.2. The molecule has 0 unspecified atom stereocenters. The van der Waals surface area contributed by atoms with E-state index in [1.54, 1.807) is 0 Å². The van der Waals surface area contributed by atoms with Crippen LogP contribution in [0.2, 0.25) is 0 Å². The van der Waals surface area contributed by atoms with Crippen molar-refractivity contribution in [3.05, 3.63) is 28.7 Å². The van der Waals surface area contributed by atoms with E-state index in [4.69, 9.17) is 0 Å². The maximum absolute atomic E-state index is 12.2. The predicted octanol–water partition coefficient (Wildman–Crippen LogP) is 4.05. The molecule has 4 atom stereocenters. The lowest BCUT2D eigenvalue weighted by Crippen LogP contribution is -2.61. The van der Waals surface area contributed by atoms with E-state index in [1.165, 1.54) is 6.42 Å². The van der Waals surface area contributed by atoms with Gasteiger partial charge < -0.3 is 10.6 Å². The van der Waals surface area contributed by atoms with Crippen molar-refractivity contribution < 1.29 is 4.79 Å². The van der Waals surface area contributed by atoms with Gasteiger partial charge in [-0.2, -0.15) is 0 Å². The van der Waals surface area contributed by atoms with Gasteiger partial charge in [-0.1, -0.05) is 36.7 Å². The highest BCUT2D eigenvalue weighted by Crippen LogP contribution is 2.61. The van der Waals surface area contributed by atoms with Gasteiger partial charge in [0.05, 0.1) is 6.54 Å². The number of rotatable bonds is 4. The Balaban J connectivity index is 1.49. The highest BCUT2D eigenvalue weighted by atomic mass is 79.9. The molecule has 3 saturated carbocycles. The average Bonchev–Trinajstić information content (AvgIpc) is 2.48. The Bertz CT molecular complexity index is 555. The lowest BCUT2D eigenvalue weighted by atomic mass is 9.45. The standard InChI is InChI=1S/C18H25BrN2O/c1-11-15-8-12(18(15,2)3)9-16(11)21-17(22)10-20-14-6-4-13(19)5-7-14/h4-7,11-12,15-16,20H,8-10H2,1-3H3,(H,21,22)/t11-,12+,15-,16-/m1/s1. The molecule has 1 amide bonds. The topological polar surface area (TPSA) is 41.1 Å². The first-order valence-corrected chi connectivity index (χ1v) is 8.96. The normalized spacial score (nSPS) is 32.0. The summed E-state index contributed by atoms with van der Waals surface area (Å²) in [5.74, 6) is 2.21. The van der Waals surface area contributed by atoms with Gasteiger partial charge in [0.15, 0.2) is 0 Å². The van der Waals surface area contributed by atoms with Crippen molar-refractivity contribution >= 4 is 27.5 Å². The van der Waals surface area contributed by atoms with Crippen LogP contribution in [0, 0.1) is 23.2 Å². The molecule has 22 heavy (non-hydrogen) atoms. The number of amides is 1.